The number of esters is 3. The van der Waals surface area contributed by atoms with Gasteiger partial charge in [-0.3, -0.25) is 4.79 Å². The molecule has 138 heavy (non-hydrogen) atoms. The molecule has 788 valence electrons. The minimum Gasteiger partial charge on any atom is -0.457 e. The second-order valence-corrected chi connectivity index (χ2v) is 52.6. The Bertz CT molecular complexity index is 4410. The lowest BCUT2D eigenvalue weighted by molar-refractivity contribution is -0.383. The molecule has 0 aromatic heterocycles. The van der Waals surface area contributed by atoms with Crippen molar-refractivity contribution in [2.45, 2.75) is 458 Å². The molecule has 0 radical (unpaired) electrons. The second kappa shape index (κ2) is 38.8. The molecular formula is C110H183N3O25. The predicted molar refractivity (Wildman–Crippen MR) is 525 cm³/mol. The molecule has 2 unspecified atom stereocenters. The Hall–Kier alpha value is -5.34. The maximum Gasteiger partial charge on any atom is 0.407 e. The van der Waals surface area contributed by atoms with Crippen molar-refractivity contribution < 1.29 is 122 Å². The van der Waals surface area contributed by atoms with E-state index in [4.69, 9.17) is 52.1 Å². The van der Waals surface area contributed by atoms with Crippen LogP contribution in [0.1, 0.15) is 321 Å². The molecule has 6 saturated carbocycles. The van der Waals surface area contributed by atoms with E-state index >= 15 is 0 Å². The normalized spacial score (nSPS) is 42.5. The molecule has 28 nitrogen and oxygen atoms in total. The van der Waals surface area contributed by atoms with E-state index in [1.54, 1.807) is 54.5 Å². The lowest BCUT2D eigenvalue weighted by Gasteiger charge is -2.72. The topological polar surface area (TPSA) is 402 Å². The monoisotopic (exact) mass is 1950 g/mol. The van der Waals surface area contributed by atoms with Crippen molar-refractivity contribution in [3.8, 4) is 0 Å². The van der Waals surface area contributed by atoms with E-state index in [0.717, 1.165) is 40.7 Å². The average molecular weight is 1950 g/mol. The zero-order chi connectivity index (χ0) is 104. The van der Waals surface area contributed by atoms with Crippen LogP contribution in [0.15, 0.2) is 46.1 Å². The first kappa shape index (κ1) is 113. The molecule has 13 rings (SSSR count). The first-order valence-electron chi connectivity index (χ1n) is 52.0. The third-order valence-corrected chi connectivity index (χ3v) is 38.0. The molecular weight excluding hydrogens is 1760 g/mol. The van der Waals surface area contributed by atoms with Crippen molar-refractivity contribution in [1.82, 2.24) is 16.0 Å². The number of aliphatic hydroxyl groups excluding tert-OH is 5. The number of aliphatic hydroxyl groups is 8. The fourth-order valence-electron chi connectivity index (χ4n) is 31.2. The summed E-state index contributed by atoms with van der Waals surface area (Å²) in [6.45, 7) is 81.2. The molecule has 10 fully saturated rings. The van der Waals surface area contributed by atoms with Gasteiger partial charge in [0, 0.05) is 105 Å². The maximum absolute atomic E-state index is 13.9. The summed E-state index contributed by atoms with van der Waals surface area (Å²) in [5.74, 6) is -4.42. The van der Waals surface area contributed by atoms with Crippen molar-refractivity contribution in [2.24, 2.45) is 132 Å². The van der Waals surface area contributed by atoms with Gasteiger partial charge in [0.05, 0.1) is 103 Å². The van der Waals surface area contributed by atoms with Gasteiger partial charge in [0.2, 0.25) is 0 Å². The number of hydrogen-bond donors (Lipinski definition) is 11. The van der Waals surface area contributed by atoms with Crippen molar-refractivity contribution >= 4 is 36.2 Å². The molecule has 4 aliphatic heterocycles. The molecule has 0 aromatic rings. The van der Waals surface area contributed by atoms with Gasteiger partial charge in [0.25, 0.3) is 0 Å². The fraction of sp³-hybridized carbons (Fsp3) is 0.873. The number of rotatable bonds is 19. The van der Waals surface area contributed by atoms with Crippen LogP contribution in [0.2, 0.25) is 0 Å². The number of hydrogen-bond acceptors (Lipinski definition) is 25. The number of fused-ring (bicyclic) bond motifs is 14. The molecule has 37 atom stereocenters. The summed E-state index contributed by atoms with van der Waals surface area (Å²) >= 11 is 0. The lowest BCUT2D eigenvalue weighted by Crippen LogP contribution is -2.77. The van der Waals surface area contributed by atoms with Crippen LogP contribution in [-0.4, -0.2) is 234 Å². The van der Waals surface area contributed by atoms with Crippen molar-refractivity contribution in [1.29, 1.82) is 0 Å². The summed E-state index contributed by atoms with van der Waals surface area (Å²) in [5.41, 5.74) is -5.54. The number of nitrogens with one attached hydrogen (secondary N) is 3. The zero-order valence-electron chi connectivity index (χ0n) is 91.2. The summed E-state index contributed by atoms with van der Waals surface area (Å²) in [6.07, 6.45) is -5.65. The lowest BCUT2D eigenvalue weighted by atomic mass is 9.38. The summed E-state index contributed by atoms with van der Waals surface area (Å²) < 4.78 is 66.4. The molecule has 13 aliphatic rings. The third-order valence-electron chi connectivity index (χ3n) is 38.0. The maximum atomic E-state index is 13.9. The summed E-state index contributed by atoms with van der Waals surface area (Å²) in [4.78, 5) is 79.3. The Balaban J connectivity index is 0.000000199. The van der Waals surface area contributed by atoms with Gasteiger partial charge in [0.15, 0.2) is 18.5 Å². The Morgan fingerprint density at radius 2 is 0.732 bits per heavy atom. The van der Waals surface area contributed by atoms with Crippen LogP contribution >= 0.6 is 0 Å². The molecule has 0 aromatic carbocycles. The molecule has 4 heterocycles. The minimum atomic E-state index is -1.67. The van der Waals surface area contributed by atoms with Crippen LogP contribution < -0.4 is 16.0 Å². The highest BCUT2D eigenvalue weighted by Gasteiger charge is 2.78. The van der Waals surface area contributed by atoms with Gasteiger partial charge in [-0.25, -0.2) is 24.0 Å². The van der Waals surface area contributed by atoms with E-state index < -0.39 is 193 Å². The standard InChI is InChI=1S/C38H61NO9.C37H63NO7.C35H59NO9/c1-14-27-46-26-16-25-36(12,18-44-25)30-22(6)38(43)17-24(20(4)28(35(38,10)11)21(5)31(47-27)37(26,30)13)45-32(41)29(40)23(15-19(2)3)39-33(42)48-34(7,8)9;1-19(2)15-25(38-32(41)45-33(8,9)10)21(4)31(40)44-26-17-37(42)24(7)29-35(13)18-43-27(35)16-20(3)36(29,14)30(39)23(6)28(22(26)5)34(37,11)12;1-17(2)13-21(36-30(41)45-31(6,7)8)26(38)29(40)44-22-15-35(42)20(5)27-33(11)16-43-24(33)14-23(37)34(27,12)28(39)19(4)25(18(22)3)32(35,9)10/h14,19,21-27,29-31,40,43H,1,15-18H2,2-13H3,(H,39,42);19-21,23-27,29-30,39,42H,15-18H2,1-14H3,(H,38,41);17,19-24,26-28,37-39,42H,13-16H2,1-12H3,(H,36,41)/t21-,22-,23-,24-,25+,26-,27?,29+,30+,31-,36+,37+,38+;20-,21?,23-,24-,25-,26-,27+,29+,30-,35+,36+,37+;19-,20-,21-,22-,23-,24+,26+,27+,28-,33+,34+,35+/m000/s1. The van der Waals surface area contributed by atoms with Crippen molar-refractivity contribution in [3.05, 3.63) is 46.1 Å². The third kappa shape index (κ3) is 19.3. The van der Waals surface area contributed by atoms with Crippen LogP contribution in [0.25, 0.3) is 0 Å². The van der Waals surface area contributed by atoms with E-state index in [2.05, 4.69) is 133 Å². The van der Waals surface area contributed by atoms with Crippen molar-refractivity contribution in [2.75, 3.05) is 19.8 Å². The quantitative estimate of drug-likeness (QED) is 0.0325. The first-order chi connectivity index (χ1) is 62.9. The fourth-order valence-corrected chi connectivity index (χ4v) is 31.2. The van der Waals surface area contributed by atoms with Crippen molar-refractivity contribution in [3.63, 3.8) is 0 Å². The Labute approximate surface area is 825 Å². The van der Waals surface area contributed by atoms with Crippen LogP contribution in [0.5, 0.6) is 0 Å². The van der Waals surface area contributed by atoms with Gasteiger partial charge >= 0.3 is 36.2 Å². The van der Waals surface area contributed by atoms with Gasteiger partial charge in [0.1, 0.15) is 35.1 Å². The molecule has 11 N–H and O–H groups in total. The molecule has 3 amide bonds. The molecule has 9 aliphatic carbocycles. The number of ether oxygens (including phenoxy) is 11. The Kier molecular flexibility index (Phi) is 31.8. The second-order valence-electron chi connectivity index (χ2n) is 52.6. The van der Waals surface area contributed by atoms with Gasteiger partial charge in [-0.15, -0.1) is 0 Å². The van der Waals surface area contributed by atoms with E-state index in [1.807, 2.05) is 104 Å². The molecule has 4 saturated heterocycles. The predicted octanol–water partition coefficient (Wildman–Crippen LogP) is 16.5. The number of carbonyl (C=O) groups excluding carboxylic acids is 6. The van der Waals surface area contributed by atoms with E-state index in [9.17, 15) is 69.6 Å². The SMILES string of the molecule is C=CC1O[C@H]2C[C@H]3OC[C@@]3(C)[C@H]3[C@H](C)[C@]4(O)C[C@H](OC(=O)[C@H](O)[C@H](CC(C)C)NC(=O)OC(C)(C)C)C(C)=C([C@H](C)[C@H](O1)[C@]23C)C4(C)C.CC1=C2[C@H](C)[C@H](O)[C@@]3(C)[C@H]([C@H](C)[C@](O)(C[C@@H]1OC(=O)C(C)[C@H](CC(C)C)NC(=O)OC(C)(C)C)C2(C)C)[C@]1(C)CO[C@@H]1C[C@@H]3C.CC1=C2[C@H](C)[C@H](O)[C@@]3(C)[C@H]([C@H](C)[C@](O)(C[C@@H]1OC(=O)[C@H](O)[C@H](CC(C)C)NC(=O)OC(C)(C)C)C2(C)C)[C@]1(C)CO[C@@H]1C[C@@H]3O. The smallest absolute Gasteiger partial charge is 0.407 e. The van der Waals surface area contributed by atoms with Gasteiger partial charge in [-0.1, -0.05) is 196 Å². The van der Waals surface area contributed by atoms with E-state index in [1.165, 1.54) is 0 Å². The Morgan fingerprint density at radius 3 is 1.07 bits per heavy atom. The highest BCUT2D eigenvalue weighted by molar-refractivity contribution is 5.79. The Morgan fingerprint density at radius 1 is 0.428 bits per heavy atom. The summed E-state index contributed by atoms with van der Waals surface area (Å²) in [5, 5.41) is 106. The molecule has 28 heteroatoms. The number of alkyl carbamates (subject to hydrolysis) is 3. The minimum absolute atomic E-state index is 0.00194. The molecule has 6 bridgehead atoms. The average Bonchev–Trinajstić information content (AvgIpc) is 0.649. The van der Waals surface area contributed by atoms with Gasteiger partial charge in [-0.2, -0.15) is 0 Å². The zero-order valence-corrected chi connectivity index (χ0v) is 91.2. The molecule has 0 spiro atoms. The highest BCUT2D eigenvalue weighted by Crippen LogP contribution is 2.74. The largest absolute Gasteiger partial charge is 0.457 e. The summed E-state index contributed by atoms with van der Waals surface area (Å²) in [6, 6.07) is -2.35. The highest BCUT2D eigenvalue weighted by atomic mass is 16.7. The van der Waals surface area contributed by atoms with Gasteiger partial charge in [-0.05, 0) is 198 Å². The van der Waals surface area contributed by atoms with Crippen LogP contribution in [0.4, 0.5) is 14.4 Å². The first-order valence-corrected chi connectivity index (χ1v) is 52.0. The summed E-state index contributed by atoms with van der Waals surface area (Å²) in [7, 11) is 0. The van der Waals surface area contributed by atoms with E-state index in [0.29, 0.717) is 51.1 Å². The van der Waals surface area contributed by atoms with Crippen LogP contribution in [-0.2, 0) is 66.5 Å². The van der Waals surface area contributed by atoms with Crippen LogP contribution in [0.3, 0.4) is 0 Å². The number of carbonyl (C=O) groups is 6. The van der Waals surface area contributed by atoms with Gasteiger partial charge < -0.3 is 109 Å². The van der Waals surface area contributed by atoms with Crippen LogP contribution in [0, 0.1) is 132 Å². The number of amides is 3. The van der Waals surface area contributed by atoms with E-state index in [-0.39, 0.29) is 131 Å².